The van der Waals surface area contributed by atoms with Crippen molar-refractivity contribution in [3.63, 3.8) is 0 Å². The lowest BCUT2D eigenvalue weighted by Gasteiger charge is -2.23. The average Bonchev–Trinajstić information content (AvgIpc) is 2.00. The summed E-state index contributed by atoms with van der Waals surface area (Å²) < 4.78 is 4.98. The third-order valence-electron chi connectivity index (χ3n) is 2.17. The summed E-state index contributed by atoms with van der Waals surface area (Å²) in [6.45, 7) is 7.04. The maximum absolute atomic E-state index is 5.75. The van der Waals surface area contributed by atoms with Crippen LogP contribution in [0.2, 0.25) is 0 Å². The molecule has 0 amide bonds. The number of likely N-dealkylation sites (N-methyl/N-ethyl adjacent to an activating group) is 1. The average molecular weight is 174 g/mol. The first kappa shape index (κ1) is 11.9. The lowest BCUT2D eigenvalue weighted by molar-refractivity contribution is 0.151. The van der Waals surface area contributed by atoms with Crippen molar-refractivity contribution in [3.05, 3.63) is 0 Å². The third kappa shape index (κ3) is 5.52. The van der Waals surface area contributed by atoms with E-state index in [1.54, 1.807) is 7.11 Å². The van der Waals surface area contributed by atoms with E-state index >= 15 is 0 Å². The number of ether oxygens (including phenoxy) is 1. The van der Waals surface area contributed by atoms with Crippen LogP contribution < -0.4 is 5.73 Å². The number of nitrogens with zero attached hydrogens (tertiary/aromatic N) is 1. The van der Waals surface area contributed by atoms with Gasteiger partial charge in [0.05, 0.1) is 6.61 Å². The van der Waals surface area contributed by atoms with Crippen LogP contribution in [0.1, 0.15) is 13.8 Å². The highest BCUT2D eigenvalue weighted by Gasteiger charge is 2.09. The van der Waals surface area contributed by atoms with E-state index in [9.17, 15) is 0 Å². The zero-order valence-electron chi connectivity index (χ0n) is 8.71. The first-order valence-electron chi connectivity index (χ1n) is 4.51. The van der Waals surface area contributed by atoms with Crippen LogP contribution in [-0.2, 0) is 4.74 Å². The van der Waals surface area contributed by atoms with E-state index in [0.717, 1.165) is 19.7 Å². The van der Waals surface area contributed by atoms with Gasteiger partial charge in [0.15, 0.2) is 0 Å². The van der Waals surface area contributed by atoms with Crippen LogP contribution in [0.15, 0.2) is 0 Å². The van der Waals surface area contributed by atoms with Gasteiger partial charge in [0.1, 0.15) is 0 Å². The number of rotatable bonds is 6. The molecule has 0 aliphatic rings. The molecule has 2 N–H and O–H groups in total. The van der Waals surface area contributed by atoms with Gasteiger partial charge in [-0.1, -0.05) is 6.92 Å². The van der Waals surface area contributed by atoms with Crippen LogP contribution in [0.4, 0.5) is 0 Å². The Hall–Kier alpha value is -0.120. The summed E-state index contributed by atoms with van der Waals surface area (Å²) in [5.74, 6) is 0.548. The summed E-state index contributed by atoms with van der Waals surface area (Å²) in [5, 5.41) is 0. The lowest BCUT2D eigenvalue weighted by Crippen LogP contribution is -2.35. The van der Waals surface area contributed by atoms with E-state index < -0.39 is 0 Å². The molecule has 0 aliphatic heterocycles. The fraction of sp³-hybridized carbons (Fsp3) is 1.00. The summed E-state index contributed by atoms with van der Waals surface area (Å²) in [4.78, 5) is 2.25. The molecule has 0 saturated heterocycles. The third-order valence-corrected chi connectivity index (χ3v) is 2.17. The molecule has 0 heterocycles. The number of hydrogen-bond acceptors (Lipinski definition) is 3. The number of nitrogens with two attached hydrogens (primary N) is 1. The Kier molecular flexibility index (Phi) is 6.34. The van der Waals surface area contributed by atoms with Gasteiger partial charge >= 0.3 is 0 Å². The van der Waals surface area contributed by atoms with Gasteiger partial charge in [0, 0.05) is 26.2 Å². The predicted octanol–water partition coefficient (Wildman–Crippen LogP) is 0.548. The van der Waals surface area contributed by atoms with E-state index in [1.165, 1.54) is 0 Å². The molecule has 0 bridgehead atoms. The van der Waals surface area contributed by atoms with Gasteiger partial charge < -0.3 is 15.4 Å². The van der Waals surface area contributed by atoms with E-state index in [-0.39, 0.29) is 6.04 Å². The first-order valence-corrected chi connectivity index (χ1v) is 4.51. The van der Waals surface area contributed by atoms with E-state index in [1.807, 2.05) is 0 Å². The smallest absolute Gasteiger partial charge is 0.0589 e. The molecule has 0 aliphatic carbocycles. The zero-order valence-corrected chi connectivity index (χ0v) is 8.71. The summed E-state index contributed by atoms with van der Waals surface area (Å²) in [7, 11) is 3.82. The SMILES string of the molecule is COCCN(C)CC(C)C(C)N. The van der Waals surface area contributed by atoms with Gasteiger partial charge in [-0.3, -0.25) is 0 Å². The second-order valence-corrected chi connectivity index (χ2v) is 3.59. The van der Waals surface area contributed by atoms with Gasteiger partial charge in [-0.05, 0) is 19.9 Å². The van der Waals surface area contributed by atoms with Crippen molar-refractivity contribution < 1.29 is 4.74 Å². The molecule has 0 spiro atoms. The topological polar surface area (TPSA) is 38.5 Å². The molecule has 2 unspecified atom stereocenters. The van der Waals surface area contributed by atoms with Crippen molar-refractivity contribution in [1.82, 2.24) is 4.90 Å². The maximum atomic E-state index is 5.75. The molecule has 0 saturated carbocycles. The molecular weight excluding hydrogens is 152 g/mol. The highest BCUT2D eigenvalue weighted by atomic mass is 16.5. The van der Waals surface area contributed by atoms with Crippen molar-refractivity contribution in [2.45, 2.75) is 19.9 Å². The molecule has 3 nitrogen and oxygen atoms in total. The Morgan fingerprint density at radius 2 is 2.00 bits per heavy atom. The quantitative estimate of drug-likeness (QED) is 0.639. The molecule has 74 valence electrons. The Balaban J connectivity index is 3.47. The van der Waals surface area contributed by atoms with E-state index in [2.05, 4.69) is 25.8 Å². The molecule has 12 heavy (non-hydrogen) atoms. The molecule has 0 aromatic rings. The molecular formula is C9H22N2O. The zero-order chi connectivity index (χ0) is 9.56. The Morgan fingerprint density at radius 3 is 2.42 bits per heavy atom. The largest absolute Gasteiger partial charge is 0.383 e. The van der Waals surface area contributed by atoms with Gasteiger partial charge in [0.25, 0.3) is 0 Å². The Morgan fingerprint density at radius 1 is 1.42 bits per heavy atom. The lowest BCUT2D eigenvalue weighted by atomic mass is 10.0. The van der Waals surface area contributed by atoms with Crippen LogP contribution in [0.5, 0.6) is 0 Å². The fourth-order valence-corrected chi connectivity index (χ4v) is 0.996. The van der Waals surface area contributed by atoms with Crippen LogP contribution in [-0.4, -0.2) is 44.8 Å². The molecule has 0 aromatic heterocycles. The first-order chi connectivity index (χ1) is 5.57. The monoisotopic (exact) mass is 174 g/mol. The van der Waals surface area contributed by atoms with Crippen molar-refractivity contribution in [3.8, 4) is 0 Å². The predicted molar refractivity (Wildman–Crippen MR) is 52.2 cm³/mol. The van der Waals surface area contributed by atoms with Gasteiger partial charge in [-0.25, -0.2) is 0 Å². The van der Waals surface area contributed by atoms with Crippen molar-refractivity contribution in [1.29, 1.82) is 0 Å². The molecule has 2 atom stereocenters. The second kappa shape index (κ2) is 6.40. The van der Waals surface area contributed by atoms with Crippen molar-refractivity contribution >= 4 is 0 Å². The fourth-order valence-electron chi connectivity index (χ4n) is 0.996. The van der Waals surface area contributed by atoms with E-state index in [4.69, 9.17) is 10.5 Å². The number of methoxy groups -OCH3 is 1. The molecule has 0 fully saturated rings. The standard InChI is InChI=1S/C9H22N2O/c1-8(9(2)10)7-11(3)5-6-12-4/h8-9H,5-7,10H2,1-4H3. The molecule has 0 rings (SSSR count). The summed E-state index contributed by atoms with van der Waals surface area (Å²) in [5.41, 5.74) is 5.75. The molecule has 0 aromatic carbocycles. The highest BCUT2D eigenvalue weighted by Crippen LogP contribution is 2.01. The normalized spacial score (nSPS) is 16.5. The Bertz CT molecular complexity index is 107. The summed E-state index contributed by atoms with van der Waals surface area (Å²) in [6.07, 6.45) is 0. The van der Waals surface area contributed by atoms with Gasteiger partial charge in [0.2, 0.25) is 0 Å². The summed E-state index contributed by atoms with van der Waals surface area (Å²) >= 11 is 0. The van der Waals surface area contributed by atoms with Gasteiger partial charge in [-0.2, -0.15) is 0 Å². The Labute approximate surface area is 75.9 Å². The molecule has 3 heteroatoms. The van der Waals surface area contributed by atoms with Gasteiger partial charge in [-0.15, -0.1) is 0 Å². The maximum Gasteiger partial charge on any atom is 0.0589 e. The van der Waals surface area contributed by atoms with E-state index in [0.29, 0.717) is 5.92 Å². The molecule has 0 radical (unpaired) electrons. The van der Waals surface area contributed by atoms with Crippen molar-refractivity contribution in [2.24, 2.45) is 11.7 Å². The highest BCUT2D eigenvalue weighted by molar-refractivity contribution is 4.66. The number of hydrogen-bond donors (Lipinski definition) is 1. The second-order valence-electron chi connectivity index (χ2n) is 3.59. The van der Waals surface area contributed by atoms with Crippen molar-refractivity contribution in [2.75, 3.05) is 33.9 Å². The summed E-state index contributed by atoms with van der Waals surface area (Å²) in [6, 6.07) is 0.273. The minimum Gasteiger partial charge on any atom is -0.383 e. The van der Waals surface area contributed by atoms with Crippen LogP contribution in [0.25, 0.3) is 0 Å². The van der Waals surface area contributed by atoms with Crippen LogP contribution in [0.3, 0.4) is 0 Å². The minimum absolute atomic E-state index is 0.273. The van der Waals surface area contributed by atoms with Crippen LogP contribution in [0, 0.1) is 5.92 Å². The van der Waals surface area contributed by atoms with Crippen LogP contribution >= 0.6 is 0 Å². The minimum atomic E-state index is 0.273.